The third-order valence-corrected chi connectivity index (χ3v) is 5.69. The second-order valence-electron chi connectivity index (χ2n) is 7.55. The lowest BCUT2D eigenvalue weighted by molar-refractivity contribution is -0.136. The molecular weight excluding hydrogens is 386 g/mol. The zero-order chi connectivity index (χ0) is 20.8. The smallest absolute Gasteiger partial charge is 0.262 e. The van der Waals surface area contributed by atoms with Gasteiger partial charge in [-0.3, -0.25) is 29.4 Å². The fourth-order valence-electron chi connectivity index (χ4n) is 4.18. The summed E-state index contributed by atoms with van der Waals surface area (Å²) in [5.74, 6) is -1.33. The van der Waals surface area contributed by atoms with Crippen LogP contribution in [0.2, 0.25) is 0 Å². The summed E-state index contributed by atoms with van der Waals surface area (Å²) in [6.45, 7) is 1.84. The van der Waals surface area contributed by atoms with Gasteiger partial charge in [-0.2, -0.15) is 0 Å². The van der Waals surface area contributed by atoms with Crippen molar-refractivity contribution in [1.82, 2.24) is 20.5 Å². The highest BCUT2D eigenvalue weighted by Crippen LogP contribution is 2.30. The van der Waals surface area contributed by atoms with Crippen molar-refractivity contribution in [2.45, 2.75) is 38.5 Å². The van der Waals surface area contributed by atoms with E-state index in [1.54, 1.807) is 18.2 Å². The lowest BCUT2D eigenvalue weighted by atomic mass is 10.0. The van der Waals surface area contributed by atoms with Crippen LogP contribution in [0.15, 0.2) is 30.3 Å². The molecule has 2 aromatic rings. The molecule has 0 spiro atoms. The zero-order valence-corrected chi connectivity index (χ0v) is 16.0. The molecule has 4 amide bonds. The van der Waals surface area contributed by atoms with Gasteiger partial charge in [0.15, 0.2) is 0 Å². The molecule has 3 aliphatic rings. The summed E-state index contributed by atoms with van der Waals surface area (Å²) < 4.78 is 0. The molecule has 9 nitrogen and oxygen atoms in total. The van der Waals surface area contributed by atoms with Gasteiger partial charge in [0.25, 0.3) is 11.8 Å². The van der Waals surface area contributed by atoms with Gasteiger partial charge in [0.05, 0.1) is 16.8 Å². The van der Waals surface area contributed by atoms with E-state index < -0.39 is 29.7 Å². The first-order valence-corrected chi connectivity index (χ1v) is 9.80. The van der Waals surface area contributed by atoms with Crippen LogP contribution >= 0.6 is 0 Å². The predicted molar refractivity (Wildman–Crippen MR) is 105 cm³/mol. The maximum Gasteiger partial charge on any atom is 0.262 e. The van der Waals surface area contributed by atoms with E-state index >= 15 is 0 Å². The van der Waals surface area contributed by atoms with Gasteiger partial charge in [0.2, 0.25) is 11.8 Å². The zero-order valence-electron chi connectivity index (χ0n) is 16.0. The van der Waals surface area contributed by atoms with Gasteiger partial charge < -0.3 is 10.6 Å². The Balaban J connectivity index is 1.39. The lowest BCUT2D eigenvalue weighted by Gasteiger charge is -2.27. The molecule has 1 unspecified atom stereocenters. The number of hydrogen-bond donors (Lipinski definition) is 3. The second-order valence-corrected chi connectivity index (χ2v) is 7.55. The van der Waals surface area contributed by atoms with Crippen molar-refractivity contribution in [2.75, 3.05) is 5.32 Å². The highest BCUT2D eigenvalue weighted by atomic mass is 16.2. The van der Waals surface area contributed by atoms with Gasteiger partial charge in [-0.05, 0) is 29.7 Å². The fourth-order valence-corrected chi connectivity index (χ4v) is 4.18. The van der Waals surface area contributed by atoms with E-state index in [4.69, 9.17) is 0 Å². The third kappa shape index (κ3) is 2.94. The molecule has 0 aliphatic carbocycles. The van der Waals surface area contributed by atoms with Crippen molar-refractivity contribution in [3.05, 3.63) is 58.3 Å². The van der Waals surface area contributed by atoms with E-state index in [0.29, 0.717) is 23.5 Å². The van der Waals surface area contributed by atoms with E-state index in [0.717, 1.165) is 23.7 Å². The number of imide groups is 2. The van der Waals surface area contributed by atoms with E-state index in [1.165, 1.54) is 5.56 Å². The van der Waals surface area contributed by atoms with Crippen LogP contribution in [0.25, 0.3) is 0 Å². The molecule has 30 heavy (non-hydrogen) atoms. The highest BCUT2D eigenvalue weighted by Gasteiger charge is 2.45. The van der Waals surface area contributed by atoms with Crippen LogP contribution < -0.4 is 16.0 Å². The molecule has 0 radical (unpaired) electrons. The van der Waals surface area contributed by atoms with Crippen LogP contribution in [0.1, 0.15) is 50.4 Å². The molecule has 1 atom stereocenters. The Bertz CT molecular complexity index is 1110. The number of fused-ring (bicyclic) bond motifs is 2. The summed E-state index contributed by atoms with van der Waals surface area (Å²) in [5.41, 5.74) is 3.38. The number of piperidine rings is 1. The Morgan fingerprint density at radius 2 is 1.93 bits per heavy atom. The molecule has 0 saturated carbocycles. The van der Waals surface area contributed by atoms with Crippen LogP contribution in [0.3, 0.4) is 0 Å². The maximum absolute atomic E-state index is 13.1. The van der Waals surface area contributed by atoms with Crippen molar-refractivity contribution in [2.24, 2.45) is 0 Å². The average molecular weight is 405 g/mol. The lowest BCUT2D eigenvalue weighted by Crippen LogP contribution is -2.54. The number of amides is 4. The number of pyridine rings is 1. The van der Waals surface area contributed by atoms with E-state index in [1.807, 2.05) is 12.1 Å². The Hall–Kier alpha value is -3.59. The monoisotopic (exact) mass is 405 g/mol. The Labute approximate surface area is 171 Å². The second kappa shape index (κ2) is 7.03. The number of benzene rings is 1. The number of anilines is 1. The number of carbonyl (C=O) groups is 4. The molecular formula is C21H19N5O4. The molecule has 152 valence electrons. The first kappa shape index (κ1) is 18.4. The number of hydrogen-bond acceptors (Lipinski definition) is 7. The van der Waals surface area contributed by atoms with Crippen LogP contribution in [0.4, 0.5) is 5.82 Å². The van der Waals surface area contributed by atoms with Crippen molar-refractivity contribution in [1.29, 1.82) is 0 Å². The summed E-state index contributed by atoms with van der Waals surface area (Å²) >= 11 is 0. The standard InChI is InChI=1S/C21H19N5O4/c27-17-7-5-15(19(28)25-17)26-20(29)13-3-1-2-12(18(13)21(26)30)9-23-16-6-4-11-8-22-10-14(11)24-16/h1-4,6,15,22H,5,7-10H2,(H,23,24)(H,25,27,28). The number of nitrogens with zero attached hydrogens (tertiary/aromatic N) is 2. The highest BCUT2D eigenvalue weighted by molar-refractivity contribution is 6.24. The van der Waals surface area contributed by atoms with Gasteiger partial charge in [-0.15, -0.1) is 0 Å². The summed E-state index contributed by atoms with van der Waals surface area (Å²) in [6.07, 6.45) is 0.230. The van der Waals surface area contributed by atoms with E-state index in [-0.39, 0.29) is 18.4 Å². The van der Waals surface area contributed by atoms with E-state index in [9.17, 15) is 19.2 Å². The van der Waals surface area contributed by atoms with Gasteiger partial charge in [-0.1, -0.05) is 18.2 Å². The van der Waals surface area contributed by atoms with Gasteiger partial charge in [0, 0.05) is 26.1 Å². The molecule has 1 saturated heterocycles. The Morgan fingerprint density at radius 3 is 2.77 bits per heavy atom. The minimum atomic E-state index is -0.971. The molecule has 3 N–H and O–H groups in total. The normalized spacial score (nSPS) is 20.3. The van der Waals surface area contributed by atoms with Crippen molar-refractivity contribution in [3.63, 3.8) is 0 Å². The SMILES string of the molecule is O=C1CCC(N2C(=O)c3cccc(CNc4ccc5c(n4)CNC5)c3C2=O)C(=O)N1. The van der Waals surface area contributed by atoms with Crippen molar-refractivity contribution in [3.8, 4) is 0 Å². The number of aromatic nitrogens is 1. The number of nitrogens with one attached hydrogen (secondary N) is 3. The molecule has 4 heterocycles. The number of carbonyl (C=O) groups excluding carboxylic acids is 4. The summed E-state index contributed by atoms with van der Waals surface area (Å²) in [4.78, 5) is 55.2. The van der Waals surface area contributed by atoms with E-state index in [2.05, 4.69) is 20.9 Å². The quantitative estimate of drug-likeness (QED) is 0.640. The Kier molecular flexibility index (Phi) is 4.32. The van der Waals surface area contributed by atoms with Crippen molar-refractivity contribution < 1.29 is 19.2 Å². The average Bonchev–Trinajstić information content (AvgIpc) is 3.30. The Morgan fingerprint density at radius 1 is 1.07 bits per heavy atom. The maximum atomic E-state index is 13.1. The van der Waals surface area contributed by atoms with Crippen LogP contribution in [-0.4, -0.2) is 39.6 Å². The van der Waals surface area contributed by atoms with Crippen molar-refractivity contribution >= 4 is 29.4 Å². The summed E-state index contributed by atoms with van der Waals surface area (Å²) in [5, 5.41) is 8.67. The fraction of sp³-hybridized carbons (Fsp3) is 0.286. The van der Waals surface area contributed by atoms with Gasteiger partial charge in [0.1, 0.15) is 11.9 Å². The van der Waals surface area contributed by atoms with Crippen LogP contribution in [0, 0.1) is 0 Å². The first-order chi connectivity index (χ1) is 14.5. The minimum absolute atomic E-state index is 0.0943. The molecule has 1 aromatic heterocycles. The third-order valence-electron chi connectivity index (χ3n) is 5.69. The largest absolute Gasteiger partial charge is 0.366 e. The first-order valence-electron chi connectivity index (χ1n) is 9.80. The van der Waals surface area contributed by atoms with Crippen LogP contribution in [-0.2, 0) is 29.2 Å². The molecule has 1 fully saturated rings. The van der Waals surface area contributed by atoms with Gasteiger partial charge in [-0.25, -0.2) is 4.98 Å². The van der Waals surface area contributed by atoms with Crippen LogP contribution in [0.5, 0.6) is 0 Å². The molecule has 0 bridgehead atoms. The molecule has 9 heteroatoms. The summed E-state index contributed by atoms with van der Waals surface area (Å²) in [7, 11) is 0. The predicted octanol–water partition coefficient (Wildman–Crippen LogP) is 0.698. The number of rotatable bonds is 4. The molecule has 5 rings (SSSR count). The molecule has 3 aliphatic heterocycles. The van der Waals surface area contributed by atoms with Gasteiger partial charge >= 0.3 is 0 Å². The molecule has 1 aromatic carbocycles. The minimum Gasteiger partial charge on any atom is -0.366 e. The summed E-state index contributed by atoms with van der Waals surface area (Å²) in [6, 6.07) is 8.01. The topological polar surface area (TPSA) is 120 Å².